The summed E-state index contributed by atoms with van der Waals surface area (Å²) >= 11 is 0. The summed E-state index contributed by atoms with van der Waals surface area (Å²) in [6.45, 7) is 6.98. The average molecular weight is 237 g/mol. The first-order valence-electron chi connectivity index (χ1n) is 6.09. The lowest BCUT2D eigenvalue weighted by Gasteiger charge is -2.21. The molecule has 0 spiro atoms. The lowest BCUT2D eigenvalue weighted by Crippen LogP contribution is -2.30. The van der Waals surface area contributed by atoms with Crippen molar-refractivity contribution in [2.45, 2.75) is 39.3 Å². The predicted molar refractivity (Wildman–Crippen MR) is 70.3 cm³/mol. The molecular formula is C14H23NO2. The molecular weight excluding hydrogens is 214 g/mol. The van der Waals surface area contributed by atoms with E-state index in [9.17, 15) is 5.11 Å². The van der Waals surface area contributed by atoms with E-state index in [1.807, 2.05) is 19.1 Å². The van der Waals surface area contributed by atoms with Crippen LogP contribution in [0.4, 0.5) is 0 Å². The van der Waals surface area contributed by atoms with Gasteiger partial charge in [0.05, 0.1) is 0 Å². The standard InChI is InChI=1S/C14H23NO2/c1-10-5-6-14(16)13(9-10)12(3)15-11(2)7-8-17-4/h5-6,9,11-12,15-16H,7-8H2,1-4H3. The summed E-state index contributed by atoms with van der Waals surface area (Å²) in [5.74, 6) is 0.356. The molecule has 3 nitrogen and oxygen atoms in total. The quantitative estimate of drug-likeness (QED) is 0.799. The number of benzene rings is 1. The lowest BCUT2D eigenvalue weighted by atomic mass is 10.0. The molecule has 0 saturated carbocycles. The summed E-state index contributed by atoms with van der Waals surface area (Å²) in [6.07, 6.45) is 0.966. The SMILES string of the molecule is COCCC(C)NC(C)c1cc(C)ccc1O. The molecule has 1 rings (SSSR count). The molecule has 1 aromatic carbocycles. The Morgan fingerprint density at radius 3 is 2.71 bits per heavy atom. The van der Waals surface area contributed by atoms with Crippen LogP contribution in [0.15, 0.2) is 18.2 Å². The van der Waals surface area contributed by atoms with E-state index in [0.717, 1.165) is 24.2 Å². The topological polar surface area (TPSA) is 41.5 Å². The van der Waals surface area contributed by atoms with E-state index in [1.165, 1.54) is 0 Å². The molecule has 2 unspecified atom stereocenters. The average Bonchev–Trinajstić information content (AvgIpc) is 2.29. The fraction of sp³-hybridized carbons (Fsp3) is 0.571. The highest BCUT2D eigenvalue weighted by Crippen LogP contribution is 2.25. The monoisotopic (exact) mass is 237 g/mol. The maximum atomic E-state index is 9.83. The van der Waals surface area contributed by atoms with Crippen LogP contribution >= 0.6 is 0 Å². The number of ether oxygens (including phenoxy) is 1. The number of aryl methyl sites for hydroxylation is 1. The summed E-state index contributed by atoms with van der Waals surface area (Å²) in [5, 5.41) is 13.3. The van der Waals surface area contributed by atoms with Crippen molar-refractivity contribution >= 4 is 0 Å². The first-order valence-corrected chi connectivity index (χ1v) is 6.09. The number of aromatic hydroxyl groups is 1. The predicted octanol–water partition coefficient (Wildman–Crippen LogP) is 2.78. The van der Waals surface area contributed by atoms with Crippen molar-refractivity contribution in [3.63, 3.8) is 0 Å². The number of phenolic OH excluding ortho intramolecular Hbond substituents is 1. The van der Waals surface area contributed by atoms with Crippen LogP contribution in [0, 0.1) is 6.92 Å². The van der Waals surface area contributed by atoms with Gasteiger partial charge < -0.3 is 15.2 Å². The van der Waals surface area contributed by atoms with Crippen molar-refractivity contribution in [1.29, 1.82) is 0 Å². The Kier molecular flexibility index (Phi) is 5.45. The van der Waals surface area contributed by atoms with Crippen LogP contribution in [0.3, 0.4) is 0 Å². The lowest BCUT2D eigenvalue weighted by molar-refractivity contribution is 0.183. The molecule has 0 heterocycles. The molecule has 0 aliphatic carbocycles. The maximum Gasteiger partial charge on any atom is 0.120 e. The fourth-order valence-electron chi connectivity index (χ4n) is 1.92. The first-order chi connectivity index (χ1) is 8.04. The van der Waals surface area contributed by atoms with Crippen LogP contribution in [0.1, 0.15) is 37.4 Å². The third-order valence-corrected chi connectivity index (χ3v) is 2.94. The van der Waals surface area contributed by atoms with Gasteiger partial charge in [-0.3, -0.25) is 0 Å². The molecule has 96 valence electrons. The van der Waals surface area contributed by atoms with Gasteiger partial charge in [0.2, 0.25) is 0 Å². The summed E-state index contributed by atoms with van der Waals surface area (Å²) < 4.78 is 5.05. The highest BCUT2D eigenvalue weighted by atomic mass is 16.5. The van der Waals surface area contributed by atoms with Gasteiger partial charge in [0.25, 0.3) is 0 Å². The van der Waals surface area contributed by atoms with E-state index in [1.54, 1.807) is 13.2 Å². The van der Waals surface area contributed by atoms with Gasteiger partial charge in [-0.2, -0.15) is 0 Å². The van der Waals surface area contributed by atoms with E-state index < -0.39 is 0 Å². The molecule has 1 aromatic rings. The number of methoxy groups -OCH3 is 1. The summed E-state index contributed by atoms with van der Waals surface area (Å²) in [4.78, 5) is 0. The fourth-order valence-corrected chi connectivity index (χ4v) is 1.92. The van der Waals surface area contributed by atoms with Gasteiger partial charge in [-0.25, -0.2) is 0 Å². The Labute approximate surface area is 104 Å². The van der Waals surface area contributed by atoms with Gasteiger partial charge in [0, 0.05) is 31.4 Å². The molecule has 0 aromatic heterocycles. The normalized spacial score (nSPS) is 14.6. The second-order valence-corrected chi connectivity index (χ2v) is 4.63. The van der Waals surface area contributed by atoms with Gasteiger partial charge in [-0.1, -0.05) is 17.7 Å². The molecule has 2 atom stereocenters. The van der Waals surface area contributed by atoms with Gasteiger partial charge in [0.1, 0.15) is 5.75 Å². The highest BCUT2D eigenvalue weighted by Gasteiger charge is 2.12. The van der Waals surface area contributed by atoms with Crippen molar-refractivity contribution in [3.8, 4) is 5.75 Å². The third kappa shape index (κ3) is 4.36. The molecule has 0 aliphatic heterocycles. The number of nitrogens with one attached hydrogen (secondary N) is 1. The van der Waals surface area contributed by atoms with Crippen LogP contribution in [0.25, 0.3) is 0 Å². The Hall–Kier alpha value is -1.06. The van der Waals surface area contributed by atoms with Gasteiger partial charge >= 0.3 is 0 Å². The smallest absolute Gasteiger partial charge is 0.120 e. The van der Waals surface area contributed by atoms with Crippen LogP contribution in [0.5, 0.6) is 5.75 Å². The number of rotatable bonds is 6. The zero-order chi connectivity index (χ0) is 12.8. The first kappa shape index (κ1) is 14.0. The molecule has 0 fully saturated rings. The number of hydrogen-bond donors (Lipinski definition) is 2. The van der Waals surface area contributed by atoms with E-state index >= 15 is 0 Å². The van der Waals surface area contributed by atoms with Gasteiger partial charge in [-0.15, -0.1) is 0 Å². The van der Waals surface area contributed by atoms with Crippen LogP contribution in [-0.2, 0) is 4.74 Å². The Morgan fingerprint density at radius 2 is 2.06 bits per heavy atom. The second-order valence-electron chi connectivity index (χ2n) is 4.63. The van der Waals surface area contributed by atoms with Crippen molar-refractivity contribution in [2.24, 2.45) is 0 Å². The van der Waals surface area contributed by atoms with Crippen molar-refractivity contribution in [3.05, 3.63) is 29.3 Å². The Bertz CT molecular complexity index is 352. The van der Waals surface area contributed by atoms with E-state index in [2.05, 4.69) is 19.2 Å². The third-order valence-electron chi connectivity index (χ3n) is 2.94. The zero-order valence-electron chi connectivity index (χ0n) is 11.2. The summed E-state index contributed by atoms with van der Waals surface area (Å²) in [6, 6.07) is 6.20. The van der Waals surface area contributed by atoms with Crippen molar-refractivity contribution in [2.75, 3.05) is 13.7 Å². The minimum absolute atomic E-state index is 0.141. The van der Waals surface area contributed by atoms with Crippen LogP contribution < -0.4 is 5.32 Å². The highest BCUT2D eigenvalue weighted by molar-refractivity contribution is 5.37. The molecule has 3 heteroatoms. The van der Waals surface area contributed by atoms with Crippen LogP contribution in [0.2, 0.25) is 0 Å². The Morgan fingerprint density at radius 1 is 1.35 bits per heavy atom. The molecule has 2 N–H and O–H groups in total. The number of hydrogen-bond acceptors (Lipinski definition) is 3. The molecule has 0 aliphatic rings. The summed E-state index contributed by atoms with van der Waals surface area (Å²) in [7, 11) is 1.71. The van der Waals surface area contributed by atoms with Gasteiger partial charge in [-0.05, 0) is 33.3 Å². The maximum absolute atomic E-state index is 9.83. The van der Waals surface area contributed by atoms with Crippen LogP contribution in [-0.4, -0.2) is 24.9 Å². The van der Waals surface area contributed by atoms with Crippen molar-refractivity contribution < 1.29 is 9.84 Å². The molecule has 0 bridgehead atoms. The van der Waals surface area contributed by atoms with Gasteiger partial charge in [0.15, 0.2) is 0 Å². The summed E-state index contributed by atoms with van der Waals surface area (Å²) in [5.41, 5.74) is 2.12. The molecule has 0 saturated heterocycles. The molecule has 17 heavy (non-hydrogen) atoms. The largest absolute Gasteiger partial charge is 0.508 e. The minimum atomic E-state index is 0.141. The number of phenols is 1. The Balaban J connectivity index is 2.62. The van der Waals surface area contributed by atoms with Crippen molar-refractivity contribution in [1.82, 2.24) is 5.32 Å². The van der Waals surface area contributed by atoms with E-state index in [-0.39, 0.29) is 6.04 Å². The second kappa shape index (κ2) is 6.62. The van der Waals surface area contributed by atoms with E-state index in [0.29, 0.717) is 11.8 Å². The minimum Gasteiger partial charge on any atom is -0.508 e. The van der Waals surface area contributed by atoms with E-state index in [4.69, 9.17) is 4.74 Å². The zero-order valence-corrected chi connectivity index (χ0v) is 11.2. The molecule has 0 amide bonds. The molecule has 0 radical (unpaired) electrons.